The molecular formula is C12H22O6. The minimum Gasteiger partial charge on any atom is -0.460 e. The van der Waals surface area contributed by atoms with E-state index in [0.717, 1.165) is 0 Å². The Kier molecular flexibility index (Phi) is 5.52. The van der Waals surface area contributed by atoms with Crippen molar-refractivity contribution in [3.63, 3.8) is 0 Å². The predicted octanol–water partition coefficient (Wildman–Crippen LogP) is 0.815. The molecule has 0 aromatic carbocycles. The fourth-order valence-electron chi connectivity index (χ4n) is 1.68. The van der Waals surface area contributed by atoms with Gasteiger partial charge < -0.3 is 24.1 Å². The molecule has 1 rings (SSSR count). The topological polar surface area (TPSA) is 74.2 Å². The van der Waals surface area contributed by atoms with Gasteiger partial charge in [0.2, 0.25) is 0 Å². The van der Waals surface area contributed by atoms with Gasteiger partial charge in [-0.15, -0.1) is 0 Å². The van der Waals surface area contributed by atoms with Crippen LogP contribution in [-0.4, -0.2) is 49.1 Å². The van der Waals surface area contributed by atoms with Crippen molar-refractivity contribution in [1.82, 2.24) is 0 Å². The number of esters is 1. The molecule has 1 heterocycles. The average Bonchev–Trinajstić information content (AvgIpc) is 2.25. The minimum atomic E-state index is -0.844. The van der Waals surface area contributed by atoms with Crippen molar-refractivity contribution in [2.45, 2.75) is 57.9 Å². The Morgan fingerprint density at radius 3 is 2.44 bits per heavy atom. The lowest BCUT2D eigenvalue weighted by Crippen LogP contribution is -2.42. The Labute approximate surface area is 107 Å². The summed E-state index contributed by atoms with van der Waals surface area (Å²) in [6, 6.07) is 0. The maximum atomic E-state index is 11.7. The molecule has 0 saturated carbocycles. The van der Waals surface area contributed by atoms with Gasteiger partial charge in [0.1, 0.15) is 5.60 Å². The minimum absolute atomic E-state index is 0.122. The number of ether oxygens (including phenoxy) is 4. The second-order valence-electron chi connectivity index (χ2n) is 5.25. The summed E-state index contributed by atoms with van der Waals surface area (Å²) in [7, 11) is 1.44. The molecule has 1 aliphatic rings. The van der Waals surface area contributed by atoms with Crippen molar-refractivity contribution >= 4 is 5.97 Å². The highest BCUT2D eigenvalue weighted by atomic mass is 16.9. The monoisotopic (exact) mass is 262 g/mol. The van der Waals surface area contributed by atoms with Crippen molar-refractivity contribution < 1.29 is 28.8 Å². The van der Waals surface area contributed by atoms with Crippen molar-refractivity contribution in [2.75, 3.05) is 13.7 Å². The summed E-state index contributed by atoms with van der Waals surface area (Å²) in [5.74, 6) is -0.332. The number of carbonyl (C=O) groups is 1. The lowest BCUT2D eigenvalue weighted by Gasteiger charge is -2.33. The highest BCUT2D eigenvalue weighted by Gasteiger charge is 2.32. The van der Waals surface area contributed by atoms with E-state index in [1.807, 2.05) is 20.8 Å². The zero-order chi connectivity index (χ0) is 13.8. The Morgan fingerprint density at radius 2 is 1.94 bits per heavy atom. The maximum absolute atomic E-state index is 11.7. The van der Waals surface area contributed by atoms with E-state index >= 15 is 0 Å². The summed E-state index contributed by atoms with van der Waals surface area (Å²) in [5, 5.41) is 9.09. The average molecular weight is 262 g/mol. The number of rotatable bonds is 4. The lowest BCUT2D eigenvalue weighted by molar-refractivity contribution is -0.345. The Balaban J connectivity index is 2.47. The second-order valence-corrected chi connectivity index (χ2v) is 5.25. The molecule has 18 heavy (non-hydrogen) atoms. The molecule has 0 aromatic heterocycles. The fourth-order valence-corrected chi connectivity index (χ4v) is 1.68. The second kappa shape index (κ2) is 6.47. The third-order valence-electron chi connectivity index (χ3n) is 2.34. The van der Waals surface area contributed by atoms with E-state index in [9.17, 15) is 4.79 Å². The Hall–Kier alpha value is -0.690. The van der Waals surface area contributed by atoms with E-state index < -0.39 is 12.1 Å². The summed E-state index contributed by atoms with van der Waals surface area (Å²) in [6.45, 7) is 4.45. The first-order valence-electron chi connectivity index (χ1n) is 6.00. The van der Waals surface area contributed by atoms with Crippen LogP contribution >= 0.6 is 0 Å². The lowest BCUT2D eigenvalue weighted by atomic mass is 10.1. The molecule has 1 saturated heterocycles. The van der Waals surface area contributed by atoms with Crippen LogP contribution in [0, 0.1) is 0 Å². The summed E-state index contributed by atoms with van der Waals surface area (Å²) in [5.41, 5.74) is -0.515. The zero-order valence-corrected chi connectivity index (χ0v) is 11.3. The van der Waals surface area contributed by atoms with Crippen LogP contribution in [0.5, 0.6) is 0 Å². The number of hydrogen-bond donors (Lipinski definition) is 1. The molecule has 0 bridgehead atoms. The molecule has 3 atom stereocenters. The molecule has 0 spiro atoms. The quantitative estimate of drug-likeness (QED) is 0.756. The molecule has 6 nitrogen and oxygen atoms in total. The van der Waals surface area contributed by atoms with Gasteiger partial charge in [0.05, 0.1) is 25.2 Å². The summed E-state index contributed by atoms with van der Waals surface area (Å²) < 4.78 is 20.8. The van der Waals surface area contributed by atoms with Gasteiger partial charge in [-0.3, -0.25) is 4.79 Å². The number of hydrogen-bond acceptors (Lipinski definition) is 6. The third kappa shape index (κ3) is 5.30. The highest BCUT2D eigenvalue weighted by molar-refractivity contribution is 5.70. The standard InChI is InChI=1S/C12H22O6/c1-12(2,3)18-10(14)6-8-5-9(7-13)17-11(15-4)16-8/h8-9,11,13H,5-7H2,1-4H3/t8-,9+,11?/m0/s1. The van der Waals surface area contributed by atoms with Crippen molar-refractivity contribution in [3.8, 4) is 0 Å². The van der Waals surface area contributed by atoms with Gasteiger partial charge in [-0.05, 0) is 20.8 Å². The molecule has 1 N–H and O–H groups in total. The molecule has 1 unspecified atom stereocenters. The summed E-state index contributed by atoms with van der Waals surface area (Å²) >= 11 is 0. The molecule has 0 amide bonds. The van der Waals surface area contributed by atoms with Crippen LogP contribution in [0.15, 0.2) is 0 Å². The summed E-state index contributed by atoms with van der Waals surface area (Å²) in [6.07, 6.45) is -0.182. The SMILES string of the molecule is COC1O[C@H](CC(=O)OC(C)(C)C)C[C@H](CO)O1. The van der Waals surface area contributed by atoms with Crippen molar-refractivity contribution in [2.24, 2.45) is 0 Å². The van der Waals surface area contributed by atoms with Crippen LogP contribution in [0.1, 0.15) is 33.6 Å². The van der Waals surface area contributed by atoms with E-state index in [1.54, 1.807) is 0 Å². The first kappa shape index (κ1) is 15.4. The van der Waals surface area contributed by atoms with Gasteiger partial charge in [-0.2, -0.15) is 0 Å². The molecule has 1 fully saturated rings. The molecule has 0 aliphatic carbocycles. The summed E-state index contributed by atoms with van der Waals surface area (Å²) in [4.78, 5) is 11.7. The maximum Gasteiger partial charge on any atom is 0.308 e. The van der Waals surface area contributed by atoms with Crippen LogP contribution < -0.4 is 0 Å². The van der Waals surface area contributed by atoms with E-state index in [2.05, 4.69) is 0 Å². The Bertz CT molecular complexity index is 260. The van der Waals surface area contributed by atoms with Crippen LogP contribution in [-0.2, 0) is 23.7 Å². The van der Waals surface area contributed by atoms with Crippen LogP contribution in [0.25, 0.3) is 0 Å². The van der Waals surface area contributed by atoms with Gasteiger partial charge in [-0.25, -0.2) is 0 Å². The van der Waals surface area contributed by atoms with Gasteiger partial charge in [0, 0.05) is 13.5 Å². The molecule has 1 aliphatic heterocycles. The molecule has 6 heteroatoms. The largest absolute Gasteiger partial charge is 0.460 e. The fraction of sp³-hybridized carbons (Fsp3) is 0.917. The van der Waals surface area contributed by atoms with Crippen molar-refractivity contribution in [1.29, 1.82) is 0 Å². The van der Waals surface area contributed by atoms with Crippen molar-refractivity contribution in [3.05, 3.63) is 0 Å². The predicted molar refractivity (Wildman–Crippen MR) is 62.7 cm³/mol. The molecule has 0 aromatic rings. The van der Waals surface area contributed by atoms with Gasteiger partial charge >= 0.3 is 5.97 Å². The number of carbonyl (C=O) groups excluding carboxylic acids is 1. The molecular weight excluding hydrogens is 240 g/mol. The Morgan fingerprint density at radius 1 is 1.33 bits per heavy atom. The third-order valence-corrected chi connectivity index (χ3v) is 2.34. The van der Waals surface area contributed by atoms with Crippen LogP contribution in [0.4, 0.5) is 0 Å². The molecule has 106 valence electrons. The van der Waals surface area contributed by atoms with E-state index in [0.29, 0.717) is 6.42 Å². The zero-order valence-electron chi connectivity index (χ0n) is 11.3. The van der Waals surface area contributed by atoms with Gasteiger partial charge in [0.25, 0.3) is 6.48 Å². The van der Waals surface area contributed by atoms with E-state index in [4.69, 9.17) is 24.1 Å². The first-order valence-corrected chi connectivity index (χ1v) is 6.00. The number of aliphatic hydroxyl groups is 1. The number of methoxy groups -OCH3 is 1. The van der Waals surface area contributed by atoms with Gasteiger partial charge in [-0.1, -0.05) is 0 Å². The molecule has 0 radical (unpaired) electrons. The van der Waals surface area contributed by atoms with Gasteiger partial charge in [0.15, 0.2) is 0 Å². The first-order chi connectivity index (χ1) is 8.34. The van der Waals surface area contributed by atoms with Crippen LogP contribution in [0.3, 0.4) is 0 Å². The normalized spacial score (nSPS) is 29.1. The van der Waals surface area contributed by atoms with E-state index in [1.165, 1.54) is 7.11 Å². The van der Waals surface area contributed by atoms with E-state index in [-0.39, 0.29) is 31.2 Å². The van der Waals surface area contributed by atoms with Crippen LogP contribution in [0.2, 0.25) is 0 Å². The number of aliphatic hydroxyl groups excluding tert-OH is 1. The highest BCUT2D eigenvalue weighted by Crippen LogP contribution is 2.22. The smallest absolute Gasteiger partial charge is 0.308 e.